The summed E-state index contributed by atoms with van der Waals surface area (Å²) in [5.74, 6) is 0. The maximum atomic E-state index is 4.07. The van der Waals surface area contributed by atoms with Gasteiger partial charge in [0, 0.05) is 18.9 Å². The number of pyridine rings is 1. The van der Waals surface area contributed by atoms with Crippen LogP contribution in [-0.4, -0.2) is 11.5 Å². The first-order chi connectivity index (χ1) is 8.31. The number of benzene rings is 1. The number of aromatic nitrogens is 1. The molecule has 0 aliphatic carbocycles. The van der Waals surface area contributed by atoms with Gasteiger partial charge in [0.15, 0.2) is 0 Å². The van der Waals surface area contributed by atoms with E-state index in [1.807, 2.05) is 12.4 Å². The van der Waals surface area contributed by atoms with Crippen molar-refractivity contribution in [2.24, 2.45) is 0 Å². The molecule has 0 saturated carbocycles. The van der Waals surface area contributed by atoms with Gasteiger partial charge in [-0.2, -0.15) is 0 Å². The first-order valence-corrected chi connectivity index (χ1v) is 6.02. The zero-order chi connectivity index (χ0) is 12.1. The minimum Gasteiger partial charge on any atom is -0.313 e. The highest BCUT2D eigenvalue weighted by Gasteiger charge is 2.04. The van der Waals surface area contributed by atoms with Gasteiger partial charge >= 0.3 is 0 Å². The van der Waals surface area contributed by atoms with Crippen molar-refractivity contribution in [1.29, 1.82) is 0 Å². The first kappa shape index (κ1) is 11.8. The minimum atomic E-state index is 0.911. The molecule has 0 fully saturated rings. The van der Waals surface area contributed by atoms with Crippen LogP contribution in [0.15, 0.2) is 42.7 Å². The van der Waals surface area contributed by atoms with Crippen LogP contribution in [0.4, 0.5) is 0 Å². The number of nitrogens with one attached hydrogen (secondary N) is 1. The smallest absolute Gasteiger partial charge is 0.0273 e. The Labute approximate surface area is 103 Å². The molecule has 0 bridgehead atoms. The Morgan fingerprint density at radius 1 is 1.12 bits per heavy atom. The fourth-order valence-electron chi connectivity index (χ4n) is 1.90. The van der Waals surface area contributed by atoms with E-state index in [0.717, 1.165) is 13.1 Å². The van der Waals surface area contributed by atoms with Gasteiger partial charge in [-0.25, -0.2) is 0 Å². The lowest BCUT2D eigenvalue weighted by Gasteiger charge is -2.11. The van der Waals surface area contributed by atoms with Crippen molar-refractivity contribution in [3.05, 3.63) is 53.9 Å². The van der Waals surface area contributed by atoms with Crippen molar-refractivity contribution in [3.8, 4) is 11.1 Å². The van der Waals surface area contributed by atoms with E-state index in [9.17, 15) is 0 Å². The zero-order valence-corrected chi connectivity index (χ0v) is 10.4. The molecule has 17 heavy (non-hydrogen) atoms. The van der Waals surface area contributed by atoms with Crippen LogP contribution in [0, 0.1) is 6.92 Å². The second-order valence-corrected chi connectivity index (χ2v) is 4.18. The molecule has 1 N–H and O–H groups in total. The van der Waals surface area contributed by atoms with E-state index < -0.39 is 0 Å². The van der Waals surface area contributed by atoms with Gasteiger partial charge in [0.25, 0.3) is 0 Å². The van der Waals surface area contributed by atoms with Crippen molar-refractivity contribution in [2.45, 2.75) is 20.4 Å². The summed E-state index contributed by atoms with van der Waals surface area (Å²) in [5, 5.41) is 3.38. The van der Waals surface area contributed by atoms with Gasteiger partial charge in [0.1, 0.15) is 0 Å². The molecule has 2 rings (SSSR count). The molecule has 0 unspecified atom stereocenters. The summed E-state index contributed by atoms with van der Waals surface area (Å²) >= 11 is 0. The molecule has 1 heterocycles. The molecule has 0 radical (unpaired) electrons. The topological polar surface area (TPSA) is 24.9 Å². The zero-order valence-electron chi connectivity index (χ0n) is 10.4. The van der Waals surface area contributed by atoms with E-state index in [1.165, 1.54) is 22.3 Å². The molecule has 2 nitrogen and oxygen atoms in total. The van der Waals surface area contributed by atoms with Gasteiger partial charge in [-0.15, -0.1) is 0 Å². The number of nitrogens with zero attached hydrogens (tertiary/aromatic N) is 1. The second kappa shape index (κ2) is 5.60. The lowest BCUT2D eigenvalue weighted by Crippen LogP contribution is -2.12. The average Bonchev–Trinajstić information content (AvgIpc) is 2.38. The van der Waals surface area contributed by atoms with Crippen LogP contribution < -0.4 is 5.32 Å². The van der Waals surface area contributed by atoms with Gasteiger partial charge in [-0.05, 0) is 42.3 Å². The van der Waals surface area contributed by atoms with E-state index in [-0.39, 0.29) is 0 Å². The molecule has 0 spiro atoms. The third kappa shape index (κ3) is 2.92. The first-order valence-electron chi connectivity index (χ1n) is 6.02. The fourth-order valence-corrected chi connectivity index (χ4v) is 1.90. The normalized spacial score (nSPS) is 10.5. The van der Waals surface area contributed by atoms with Crippen molar-refractivity contribution < 1.29 is 0 Å². The molecular weight excluding hydrogens is 208 g/mol. The van der Waals surface area contributed by atoms with Crippen LogP contribution in [-0.2, 0) is 6.54 Å². The molecule has 0 aliphatic rings. The number of hydrogen-bond donors (Lipinski definition) is 1. The van der Waals surface area contributed by atoms with Gasteiger partial charge in [0.2, 0.25) is 0 Å². The van der Waals surface area contributed by atoms with Crippen molar-refractivity contribution >= 4 is 0 Å². The summed E-state index contributed by atoms with van der Waals surface area (Å²) in [6.07, 6.45) is 3.68. The Hall–Kier alpha value is -1.67. The SMILES string of the molecule is CCNCc1ccc(C)cc1-c1ccncc1. The summed E-state index contributed by atoms with van der Waals surface area (Å²) < 4.78 is 0. The summed E-state index contributed by atoms with van der Waals surface area (Å²) in [7, 11) is 0. The van der Waals surface area contributed by atoms with Crippen molar-refractivity contribution in [3.63, 3.8) is 0 Å². The minimum absolute atomic E-state index is 0.911. The van der Waals surface area contributed by atoms with Crippen molar-refractivity contribution in [2.75, 3.05) is 6.54 Å². The Bertz CT molecular complexity index is 478. The van der Waals surface area contributed by atoms with Crippen LogP contribution in [0.1, 0.15) is 18.1 Å². The van der Waals surface area contributed by atoms with Crippen LogP contribution in [0.25, 0.3) is 11.1 Å². The fraction of sp³-hybridized carbons (Fsp3) is 0.267. The van der Waals surface area contributed by atoms with E-state index >= 15 is 0 Å². The third-order valence-corrected chi connectivity index (χ3v) is 2.82. The Morgan fingerprint density at radius 2 is 1.88 bits per heavy atom. The van der Waals surface area contributed by atoms with Crippen LogP contribution in [0.5, 0.6) is 0 Å². The monoisotopic (exact) mass is 226 g/mol. The predicted molar refractivity (Wildman–Crippen MR) is 71.8 cm³/mol. The number of rotatable bonds is 4. The second-order valence-electron chi connectivity index (χ2n) is 4.18. The molecule has 2 heteroatoms. The van der Waals surface area contributed by atoms with Crippen molar-refractivity contribution in [1.82, 2.24) is 10.3 Å². The number of hydrogen-bond acceptors (Lipinski definition) is 2. The Balaban J connectivity index is 2.40. The Kier molecular flexibility index (Phi) is 3.89. The standard InChI is InChI=1S/C15H18N2/c1-3-16-11-14-5-4-12(2)10-15(14)13-6-8-17-9-7-13/h4-10,16H,3,11H2,1-2H3. The van der Waals surface area contributed by atoms with Gasteiger partial charge < -0.3 is 5.32 Å². The largest absolute Gasteiger partial charge is 0.313 e. The summed E-state index contributed by atoms with van der Waals surface area (Å²) in [4.78, 5) is 4.07. The predicted octanol–water partition coefficient (Wildman–Crippen LogP) is 3.17. The van der Waals surface area contributed by atoms with Crippen LogP contribution in [0.3, 0.4) is 0 Å². The molecule has 1 aromatic heterocycles. The maximum Gasteiger partial charge on any atom is 0.0273 e. The molecule has 1 aromatic carbocycles. The highest BCUT2D eigenvalue weighted by Crippen LogP contribution is 2.24. The van der Waals surface area contributed by atoms with Gasteiger partial charge in [-0.3, -0.25) is 4.98 Å². The summed E-state index contributed by atoms with van der Waals surface area (Å²) in [6.45, 7) is 6.15. The lowest BCUT2D eigenvalue weighted by molar-refractivity contribution is 0.728. The molecule has 0 amide bonds. The molecule has 0 atom stereocenters. The quantitative estimate of drug-likeness (QED) is 0.866. The maximum absolute atomic E-state index is 4.07. The van der Waals surface area contributed by atoms with Gasteiger partial charge in [0.05, 0.1) is 0 Å². The third-order valence-electron chi connectivity index (χ3n) is 2.82. The molecular formula is C15H18N2. The molecule has 0 aliphatic heterocycles. The summed E-state index contributed by atoms with van der Waals surface area (Å²) in [5.41, 5.74) is 5.16. The molecule has 0 saturated heterocycles. The highest BCUT2D eigenvalue weighted by atomic mass is 14.8. The number of aryl methyl sites for hydroxylation is 1. The molecule has 2 aromatic rings. The average molecular weight is 226 g/mol. The molecule has 88 valence electrons. The Morgan fingerprint density at radius 3 is 2.59 bits per heavy atom. The highest BCUT2D eigenvalue weighted by molar-refractivity contribution is 5.67. The van der Waals surface area contributed by atoms with Crippen LogP contribution >= 0.6 is 0 Å². The van der Waals surface area contributed by atoms with Crippen LogP contribution in [0.2, 0.25) is 0 Å². The van der Waals surface area contributed by atoms with E-state index in [4.69, 9.17) is 0 Å². The van der Waals surface area contributed by atoms with E-state index in [2.05, 4.69) is 54.5 Å². The van der Waals surface area contributed by atoms with Gasteiger partial charge in [-0.1, -0.05) is 30.7 Å². The van der Waals surface area contributed by atoms with E-state index in [1.54, 1.807) is 0 Å². The lowest BCUT2D eigenvalue weighted by atomic mass is 9.98. The summed E-state index contributed by atoms with van der Waals surface area (Å²) in [6, 6.07) is 10.7. The van der Waals surface area contributed by atoms with E-state index in [0.29, 0.717) is 0 Å².